The Morgan fingerprint density at radius 1 is 1.29 bits per heavy atom. The van der Waals surface area contributed by atoms with Crippen LogP contribution in [-0.4, -0.2) is 4.98 Å². The van der Waals surface area contributed by atoms with Gasteiger partial charge in [-0.3, -0.25) is 4.98 Å². The lowest BCUT2D eigenvalue weighted by Gasteiger charge is -2.04. The van der Waals surface area contributed by atoms with Crippen molar-refractivity contribution in [1.29, 1.82) is 5.26 Å². The third-order valence-corrected chi connectivity index (χ3v) is 2.52. The molecule has 1 unspecified atom stereocenters. The highest BCUT2D eigenvalue weighted by atomic mass is 19.2. The van der Waals surface area contributed by atoms with Crippen LogP contribution in [0, 0.1) is 28.9 Å². The molecule has 0 spiro atoms. The van der Waals surface area contributed by atoms with Gasteiger partial charge in [0.05, 0.1) is 11.6 Å². The van der Waals surface area contributed by atoms with E-state index < -0.39 is 11.6 Å². The summed E-state index contributed by atoms with van der Waals surface area (Å²) in [6.07, 6.45) is 0.505. The summed E-state index contributed by atoms with van der Waals surface area (Å²) in [5, 5.41) is 9.26. The van der Waals surface area contributed by atoms with Gasteiger partial charge in [0.2, 0.25) is 0 Å². The van der Waals surface area contributed by atoms with E-state index in [9.17, 15) is 8.78 Å². The van der Waals surface area contributed by atoms with Crippen LogP contribution in [-0.2, 0) is 6.42 Å². The number of nitrogens with zero attached hydrogens (tertiary/aromatic N) is 2. The first-order valence-corrected chi connectivity index (χ1v) is 5.24. The lowest BCUT2D eigenvalue weighted by Crippen LogP contribution is -1.99. The molecule has 1 heterocycles. The van der Waals surface area contributed by atoms with Crippen molar-refractivity contribution in [2.24, 2.45) is 5.92 Å². The molecule has 1 atom stereocenters. The van der Waals surface area contributed by atoms with Crippen LogP contribution in [0.3, 0.4) is 0 Å². The van der Waals surface area contributed by atoms with E-state index in [2.05, 4.69) is 11.1 Å². The zero-order chi connectivity index (χ0) is 12.4. The molecule has 0 saturated carbocycles. The summed E-state index contributed by atoms with van der Waals surface area (Å²) in [4.78, 5) is 4.21. The molecule has 0 radical (unpaired) electrons. The van der Waals surface area contributed by atoms with E-state index in [4.69, 9.17) is 5.26 Å². The maximum atomic E-state index is 13.0. The molecule has 17 heavy (non-hydrogen) atoms. The van der Waals surface area contributed by atoms with Crippen LogP contribution in [0.5, 0.6) is 0 Å². The number of hydrogen-bond donors (Lipinski definition) is 0. The van der Waals surface area contributed by atoms with Gasteiger partial charge in [0.1, 0.15) is 0 Å². The highest BCUT2D eigenvalue weighted by molar-refractivity contribution is 5.78. The zero-order valence-corrected chi connectivity index (χ0v) is 9.24. The minimum atomic E-state index is -0.907. The first-order valence-electron chi connectivity index (χ1n) is 5.24. The number of halogens is 2. The molecule has 4 heteroatoms. The van der Waals surface area contributed by atoms with Gasteiger partial charge in [-0.1, -0.05) is 6.07 Å². The molecule has 0 aliphatic carbocycles. The van der Waals surface area contributed by atoms with Crippen molar-refractivity contribution in [3.63, 3.8) is 0 Å². The molecule has 2 nitrogen and oxygen atoms in total. The van der Waals surface area contributed by atoms with E-state index in [0.29, 0.717) is 23.0 Å². The second-order valence-electron chi connectivity index (χ2n) is 4.00. The molecule has 1 aromatic heterocycles. The Morgan fingerprint density at radius 3 is 2.71 bits per heavy atom. The van der Waals surface area contributed by atoms with Gasteiger partial charge in [-0.05, 0) is 19.1 Å². The average molecular weight is 232 g/mol. The molecule has 0 amide bonds. The number of benzene rings is 1. The molecule has 0 aliphatic heterocycles. The average Bonchev–Trinajstić information content (AvgIpc) is 2.31. The molecule has 0 N–H and O–H groups in total. The van der Waals surface area contributed by atoms with Gasteiger partial charge in [-0.25, -0.2) is 8.78 Å². The van der Waals surface area contributed by atoms with E-state index in [0.717, 1.165) is 12.1 Å². The smallest absolute Gasteiger partial charge is 0.161 e. The lowest BCUT2D eigenvalue weighted by atomic mass is 10.1. The van der Waals surface area contributed by atoms with E-state index >= 15 is 0 Å². The summed E-state index contributed by atoms with van der Waals surface area (Å²) in [5.74, 6) is -1.93. The van der Waals surface area contributed by atoms with Gasteiger partial charge < -0.3 is 0 Å². The lowest BCUT2D eigenvalue weighted by molar-refractivity contribution is 0.510. The van der Waals surface area contributed by atoms with Crippen LogP contribution in [0.4, 0.5) is 8.78 Å². The number of fused-ring (bicyclic) bond motifs is 1. The summed E-state index contributed by atoms with van der Waals surface area (Å²) < 4.78 is 26.0. The topological polar surface area (TPSA) is 36.7 Å². The first kappa shape index (κ1) is 11.5. The minimum absolute atomic E-state index is 0.148. The van der Waals surface area contributed by atoms with Crippen LogP contribution in [0.15, 0.2) is 24.3 Å². The van der Waals surface area contributed by atoms with Crippen molar-refractivity contribution in [3.05, 3.63) is 41.6 Å². The summed E-state index contributed by atoms with van der Waals surface area (Å²) >= 11 is 0. The standard InChI is InChI=1S/C13H10F2N2/c1-8(7-16)4-10-3-2-9-5-11(14)12(15)6-13(9)17-10/h2-3,5-6,8H,4H2,1H3. The Kier molecular flexibility index (Phi) is 3.01. The number of pyridine rings is 1. The Hall–Kier alpha value is -2.02. The van der Waals surface area contributed by atoms with Gasteiger partial charge in [0, 0.05) is 29.5 Å². The van der Waals surface area contributed by atoms with Crippen LogP contribution in [0.1, 0.15) is 12.6 Å². The summed E-state index contributed by atoms with van der Waals surface area (Å²) in [6, 6.07) is 7.72. The molecular formula is C13H10F2N2. The molecule has 1 aromatic carbocycles. The Bertz CT molecular complexity index is 602. The fourth-order valence-electron chi connectivity index (χ4n) is 1.63. The van der Waals surface area contributed by atoms with E-state index in [-0.39, 0.29) is 5.92 Å². The van der Waals surface area contributed by atoms with Crippen molar-refractivity contribution in [1.82, 2.24) is 4.98 Å². The van der Waals surface area contributed by atoms with Crippen molar-refractivity contribution in [2.45, 2.75) is 13.3 Å². The Labute approximate surface area is 97.5 Å². The highest BCUT2D eigenvalue weighted by Gasteiger charge is 2.07. The van der Waals surface area contributed by atoms with Gasteiger partial charge in [0.25, 0.3) is 0 Å². The van der Waals surface area contributed by atoms with Crippen LogP contribution in [0.2, 0.25) is 0 Å². The second kappa shape index (κ2) is 4.46. The molecule has 0 bridgehead atoms. The molecule has 0 aliphatic rings. The van der Waals surface area contributed by atoms with Crippen LogP contribution >= 0.6 is 0 Å². The first-order chi connectivity index (χ1) is 8.10. The van der Waals surface area contributed by atoms with Crippen LogP contribution < -0.4 is 0 Å². The second-order valence-corrected chi connectivity index (χ2v) is 4.00. The number of hydrogen-bond acceptors (Lipinski definition) is 2. The summed E-state index contributed by atoms with van der Waals surface area (Å²) in [6.45, 7) is 1.79. The van der Waals surface area contributed by atoms with Crippen molar-refractivity contribution >= 4 is 10.9 Å². The van der Waals surface area contributed by atoms with Crippen molar-refractivity contribution in [3.8, 4) is 6.07 Å². The third-order valence-electron chi connectivity index (χ3n) is 2.52. The number of aromatic nitrogens is 1. The monoisotopic (exact) mass is 232 g/mol. The molecule has 0 fully saturated rings. The Balaban J connectivity index is 2.44. The van der Waals surface area contributed by atoms with Gasteiger partial charge in [-0.2, -0.15) is 5.26 Å². The zero-order valence-electron chi connectivity index (χ0n) is 9.24. The number of nitriles is 1. The predicted molar refractivity (Wildman–Crippen MR) is 60.1 cm³/mol. The molecule has 0 saturated heterocycles. The summed E-state index contributed by atoms with van der Waals surface area (Å²) in [5.41, 5.74) is 1.11. The van der Waals surface area contributed by atoms with Crippen molar-refractivity contribution < 1.29 is 8.78 Å². The molecule has 2 aromatic rings. The number of rotatable bonds is 2. The summed E-state index contributed by atoms with van der Waals surface area (Å²) in [7, 11) is 0. The normalized spacial score (nSPS) is 12.4. The SMILES string of the molecule is CC(C#N)Cc1ccc2cc(F)c(F)cc2n1. The fraction of sp³-hybridized carbons (Fsp3) is 0.231. The van der Waals surface area contributed by atoms with E-state index in [1.165, 1.54) is 0 Å². The minimum Gasteiger partial charge on any atom is -0.253 e. The highest BCUT2D eigenvalue weighted by Crippen LogP contribution is 2.18. The van der Waals surface area contributed by atoms with Crippen LogP contribution in [0.25, 0.3) is 10.9 Å². The Morgan fingerprint density at radius 2 is 2.00 bits per heavy atom. The van der Waals surface area contributed by atoms with Crippen molar-refractivity contribution in [2.75, 3.05) is 0 Å². The fourth-order valence-corrected chi connectivity index (χ4v) is 1.63. The van der Waals surface area contributed by atoms with Gasteiger partial charge >= 0.3 is 0 Å². The largest absolute Gasteiger partial charge is 0.253 e. The quantitative estimate of drug-likeness (QED) is 0.797. The predicted octanol–water partition coefficient (Wildman–Crippen LogP) is 3.22. The molecular weight excluding hydrogens is 222 g/mol. The van der Waals surface area contributed by atoms with Gasteiger partial charge in [-0.15, -0.1) is 0 Å². The van der Waals surface area contributed by atoms with E-state index in [1.807, 2.05) is 0 Å². The molecule has 2 rings (SSSR count). The van der Waals surface area contributed by atoms with E-state index in [1.54, 1.807) is 19.1 Å². The molecule has 86 valence electrons. The maximum absolute atomic E-state index is 13.0. The third kappa shape index (κ3) is 2.39. The maximum Gasteiger partial charge on any atom is 0.161 e. The van der Waals surface area contributed by atoms with Gasteiger partial charge in [0.15, 0.2) is 11.6 Å².